The van der Waals surface area contributed by atoms with Crippen LogP contribution in [-0.2, 0) is 0 Å². The zero-order chi connectivity index (χ0) is 12.3. The first kappa shape index (κ1) is 12.0. The summed E-state index contributed by atoms with van der Waals surface area (Å²) in [7, 11) is 0. The number of nitrogens with one attached hydrogen (secondary N) is 2. The van der Waals surface area contributed by atoms with Crippen LogP contribution in [-0.4, -0.2) is 17.2 Å². The van der Waals surface area contributed by atoms with Crippen molar-refractivity contribution in [2.45, 2.75) is 45.6 Å². The predicted octanol–water partition coefficient (Wildman–Crippen LogP) is 2.68. The molecule has 0 saturated heterocycles. The molecule has 1 fully saturated rings. The van der Waals surface area contributed by atoms with Crippen LogP contribution in [0.1, 0.15) is 38.4 Å². The minimum Gasteiger partial charge on any atom is -0.360 e. The minimum absolute atomic E-state index is 0.197. The lowest BCUT2D eigenvalue weighted by Crippen LogP contribution is -2.43. The Hall–Kier alpha value is -1.52. The Kier molecular flexibility index (Phi) is 3.66. The lowest BCUT2D eigenvalue weighted by Gasteiger charge is -2.29. The molecule has 0 bridgehead atoms. The molecular weight excluding hydrogens is 218 g/mol. The molecule has 1 aliphatic rings. The van der Waals surface area contributed by atoms with E-state index in [9.17, 15) is 4.79 Å². The number of nitrogens with zero attached hydrogens (tertiary/aromatic N) is 1. The summed E-state index contributed by atoms with van der Waals surface area (Å²) in [5.41, 5.74) is 0. The van der Waals surface area contributed by atoms with Gasteiger partial charge < -0.3 is 9.84 Å². The highest BCUT2D eigenvalue weighted by Gasteiger charge is 2.22. The van der Waals surface area contributed by atoms with E-state index in [2.05, 4.69) is 22.7 Å². The van der Waals surface area contributed by atoms with Crippen LogP contribution < -0.4 is 10.6 Å². The first-order valence-electron chi connectivity index (χ1n) is 6.16. The Morgan fingerprint density at radius 1 is 1.47 bits per heavy atom. The van der Waals surface area contributed by atoms with Crippen LogP contribution >= 0.6 is 0 Å². The van der Waals surface area contributed by atoms with Crippen LogP contribution in [0, 0.1) is 12.8 Å². The third kappa shape index (κ3) is 3.22. The summed E-state index contributed by atoms with van der Waals surface area (Å²) in [5, 5.41) is 9.39. The molecule has 2 atom stereocenters. The minimum atomic E-state index is -0.197. The van der Waals surface area contributed by atoms with Crippen LogP contribution in [0.5, 0.6) is 0 Å². The Morgan fingerprint density at radius 2 is 2.24 bits per heavy atom. The molecule has 94 valence electrons. The topological polar surface area (TPSA) is 67.2 Å². The molecule has 0 aromatic carbocycles. The summed E-state index contributed by atoms with van der Waals surface area (Å²) in [6, 6.07) is 1.78. The fourth-order valence-electron chi connectivity index (χ4n) is 2.28. The summed E-state index contributed by atoms with van der Waals surface area (Å²) in [6.45, 7) is 3.98. The zero-order valence-electron chi connectivity index (χ0n) is 10.3. The summed E-state index contributed by atoms with van der Waals surface area (Å²) >= 11 is 0. The highest BCUT2D eigenvalue weighted by atomic mass is 16.5. The summed E-state index contributed by atoms with van der Waals surface area (Å²) < 4.78 is 4.88. The molecule has 2 rings (SSSR count). The van der Waals surface area contributed by atoms with E-state index in [1.165, 1.54) is 19.3 Å². The van der Waals surface area contributed by atoms with Gasteiger partial charge in [0.1, 0.15) is 5.76 Å². The first-order valence-corrected chi connectivity index (χ1v) is 6.16. The van der Waals surface area contributed by atoms with Crippen molar-refractivity contribution in [1.29, 1.82) is 0 Å². The van der Waals surface area contributed by atoms with E-state index in [0.29, 0.717) is 17.5 Å². The van der Waals surface area contributed by atoms with E-state index < -0.39 is 0 Å². The number of rotatable bonds is 2. The molecule has 0 radical (unpaired) electrons. The normalized spacial score (nSPS) is 24.4. The average Bonchev–Trinajstić information content (AvgIpc) is 2.67. The van der Waals surface area contributed by atoms with Gasteiger partial charge in [0, 0.05) is 12.1 Å². The van der Waals surface area contributed by atoms with E-state index in [4.69, 9.17) is 4.52 Å². The molecule has 1 saturated carbocycles. The van der Waals surface area contributed by atoms with Gasteiger partial charge in [-0.05, 0) is 25.7 Å². The second-order valence-electron chi connectivity index (χ2n) is 4.79. The highest BCUT2D eigenvalue weighted by Crippen LogP contribution is 2.23. The van der Waals surface area contributed by atoms with E-state index in [0.717, 1.165) is 6.42 Å². The SMILES string of the molecule is Cc1cc(NC(=O)NC2CCCCC2C)no1. The Bertz CT molecular complexity index is 389. The van der Waals surface area contributed by atoms with Crippen LogP contribution in [0.3, 0.4) is 0 Å². The molecular formula is C12H19N3O2. The number of carbonyl (C=O) groups excluding carboxylic acids is 1. The zero-order valence-corrected chi connectivity index (χ0v) is 10.3. The van der Waals surface area contributed by atoms with Gasteiger partial charge in [-0.25, -0.2) is 4.79 Å². The number of amides is 2. The van der Waals surface area contributed by atoms with Gasteiger partial charge in [-0.2, -0.15) is 0 Å². The largest absolute Gasteiger partial charge is 0.360 e. The van der Waals surface area contributed by atoms with Crippen molar-refractivity contribution in [3.05, 3.63) is 11.8 Å². The lowest BCUT2D eigenvalue weighted by molar-refractivity contribution is 0.232. The van der Waals surface area contributed by atoms with E-state index in [1.807, 2.05) is 0 Å². The molecule has 2 unspecified atom stereocenters. The maximum absolute atomic E-state index is 11.7. The van der Waals surface area contributed by atoms with E-state index >= 15 is 0 Å². The Morgan fingerprint density at radius 3 is 2.88 bits per heavy atom. The standard InChI is InChI=1S/C12H19N3O2/c1-8-5-3-4-6-10(8)13-12(16)14-11-7-9(2)17-15-11/h7-8,10H,3-6H2,1-2H3,(H2,13,14,15,16). The van der Waals surface area contributed by atoms with Gasteiger partial charge in [0.15, 0.2) is 5.82 Å². The van der Waals surface area contributed by atoms with Crippen molar-refractivity contribution in [2.75, 3.05) is 5.32 Å². The maximum Gasteiger partial charge on any atom is 0.320 e. The van der Waals surface area contributed by atoms with Gasteiger partial charge in [0.05, 0.1) is 0 Å². The predicted molar refractivity (Wildman–Crippen MR) is 64.8 cm³/mol. The number of carbonyl (C=O) groups is 1. The van der Waals surface area contributed by atoms with Crippen LogP contribution in [0.25, 0.3) is 0 Å². The molecule has 5 nitrogen and oxygen atoms in total. The molecule has 1 heterocycles. The van der Waals surface area contributed by atoms with Gasteiger partial charge in [-0.1, -0.05) is 24.9 Å². The van der Waals surface area contributed by atoms with Crippen molar-refractivity contribution >= 4 is 11.8 Å². The third-order valence-electron chi connectivity index (χ3n) is 3.30. The van der Waals surface area contributed by atoms with Crippen LogP contribution in [0.4, 0.5) is 10.6 Å². The van der Waals surface area contributed by atoms with Gasteiger partial charge in [-0.15, -0.1) is 0 Å². The molecule has 5 heteroatoms. The molecule has 1 aliphatic carbocycles. The monoisotopic (exact) mass is 237 g/mol. The van der Waals surface area contributed by atoms with Crippen LogP contribution in [0.2, 0.25) is 0 Å². The quantitative estimate of drug-likeness (QED) is 0.831. The number of hydrogen-bond acceptors (Lipinski definition) is 3. The van der Waals surface area contributed by atoms with Crippen LogP contribution in [0.15, 0.2) is 10.6 Å². The van der Waals surface area contributed by atoms with Gasteiger partial charge >= 0.3 is 6.03 Å². The number of urea groups is 1. The summed E-state index contributed by atoms with van der Waals surface area (Å²) in [4.78, 5) is 11.7. The molecule has 2 N–H and O–H groups in total. The second-order valence-corrected chi connectivity index (χ2v) is 4.79. The number of aryl methyl sites for hydroxylation is 1. The smallest absolute Gasteiger partial charge is 0.320 e. The molecule has 17 heavy (non-hydrogen) atoms. The Balaban J connectivity index is 1.84. The van der Waals surface area contributed by atoms with Crippen molar-refractivity contribution in [3.63, 3.8) is 0 Å². The second kappa shape index (κ2) is 5.21. The van der Waals surface area contributed by atoms with E-state index in [1.54, 1.807) is 13.0 Å². The van der Waals surface area contributed by atoms with Gasteiger partial charge in [0.2, 0.25) is 0 Å². The fourth-order valence-corrected chi connectivity index (χ4v) is 2.28. The van der Waals surface area contributed by atoms with Crippen molar-refractivity contribution in [3.8, 4) is 0 Å². The number of anilines is 1. The van der Waals surface area contributed by atoms with Crippen molar-refractivity contribution in [2.24, 2.45) is 5.92 Å². The average molecular weight is 237 g/mol. The first-order chi connectivity index (χ1) is 8.15. The van der Waals surface area contributed by atoms with Crippen molar-refractivity contribution < 1.29 is 9.32 Å². The van der Waals surface area contributed by atoms with E-state index in [-0.39, 0.29) is 12.1 Å². The molecule has 2 amide bonds. The molecule has 1 aromatic rings. The Labute approximate surface area is 101 Å². The van der Waals surface area contributed by atoms with Gasteiger partial charge in [-0.3, -0.25) is 5.32 Å². The molecule has 1 aromatic heterocycles. The summed E-state index contributed by atoms with van der Waals surface area (Å²) in [5.74, 6) is 1.70. The molecule has 0 spiro atoms. The summed E-state index contributed by atoms with van der Waals surface area (Å²) in [6.07, 6.45) is 4.71. The van der Waals surface area contributed by atoms with Crippen molar-refractivity contribution in [1.82, 2.24) is 10.5 Å². The molecule has 0 aliphatic heterocycles. The van der Waals surface area contributed by atoms with Gasteiger partial charge in [0.25, 0.3) is 0 Å². The number of aromatic nitrogens is 1. The number of hydrogen-bond donors (Lipinski definition) is 2. The highest BCUT2D eigenvalue weighted by molar-refractivity contribution is 5.88. The third-order valence-corrected chi connectivity index (χ3v) is 3.30. The fraction of sp³-hybridized carbons (Fsp3) is 0.667. The maximum atomic E-state index is 11.7. The lowest BCUT2D eigenvalue weighted by atomic mass is 9.86.